The van der Waals surface area contributed by atoms with Gasteiger partial charge in [-0.2, -0.15) is 11.8 Å². The molecule has 1 saturated heterocycles. The van der Waals surface area contributed by atoms with E-state index in [1.54, 1.807) is 6.20 Å². The standard InChI is InChI=1S/C14H22N4OS/c1-8(2)13-16-5-11(15)12(17-13)14(19)18-6-9(3)20-10(4)7-18/h5,8-10H,6-7,15H2,1-4H3. The zero-order valence-corrected chi connectivity index (χ0v) is 13.3. The summed E-state index contributed by atoms with van der Waals surface area (Å²) in [6, 6.07) is 0. The number of carbonyl (C=O) groups is 1. The Kier molecular flexibility index (Phi) is 4.52. The number of rotatable bonds is 2. The van der Waals surface area contributed by atoms with Gasteiger partial charge in [-0.15, -0.1) is 0 Å². The lowest BCUT2D eigenvalue weighted by Gasteiger charge is -2.34. The third-order valence-corrected chi connectivity index (χ3v) is 4.49. The molecule has 1 aliphatic rings. The van der Waals surface area contributed by atoms with Crippen molar-refractivity contribution in [2.45, 2.75) is 44.1 Å². The van der Waals surface area contributed by atoms with Gasteiger partial charge in [-0.05, 0) is 0 Å². The van der Waals surface area contributed by atoms with Crippen LogP contribution >= 0.6 is 11.8 Å². The molecule has 0 spiro atoms. The van der Waals surface area contributed by atoms with Crippen LogP contribution in [0, 0.1) is 0 Å². The molecule has 2 N–H and O–H groups in total. The number of anilines is 1. The summed E-state index contributed by atoms with van der Waals surface area (Å²) in [7, 11) is 0. The molecule has 2 heterocycles. The predicted octanol–water partition coefficient (Wildman–Crippen LogP) is 2.15. The molecule has 5 nitrogen and oxygen atoms in total. The summed E-state index contributed by atoms with van der Waals surface area (Å²) in [4.78, 5) is 23.0. The monoisotopic (exact) mass is 294 g/mol. The molecule has 20 heavy (non-hydrogen) atoms. The summed E-state index contributed by atoms with van der Waals surface area (Å²) in [5.74, 6) is 0.762. The highest BCUT2D eigenvalue weighted by Crippen LogP contribution is 2.26. The molecule has 1 aromatic heterocycles. The lowest BCUT2D eigenvalue weighted by atomic mass is 10.2. The van der Waals surface area contributed by atoms with E-state index < -0.39 is 0 Å². The molecule has 1 fully saturated rings. The molecule has 0 radical (unpaired) electrons. The van der Waals surface area contributed by atoms with Gasteiger partial charge in [0, 0.05) is 29.5 Å². The molecule has 0 bridgehead atoms. The van der Waals surface area contributed by atoms with Crippen molar-refractivity contribution in [3.63, 3.8) is 0 Å². The average Bonchev–Trinajstić information content (AvgIpc) is 2.37. The SMILES string of the molecule is CC1CN(C(=O)c2nc(C(C)C)ncc2N)CC(C)S1. The highest BCUT2D eigenvalue weighted by Gasteiger charge is 2.28. The molecular weight excluding hydrogens is 272 g/mol. The van der Waals surface area contributed by atoms with E-state index in [-0.39, 0.29) is 11.8 Å². The van der Waals surface area contributed by atoms with E-state index >= 15 is 0 Å². The third kappa shape index (κ3) is 3.23. The summed E-state index contributed by atoms with van der Waals surface area (Å²) >= 11 is 1.91. The number of hydrogen-bond donors (Lipinski definition) is 1. The number of carbonyl (C=O) groups excluding carboxylic acids is 1. The molecule has 6 heteroatoms. The molecule has 1 amide bonds. The molecule has 1 aliphatic heterocycles. The maximum absolute atomic E-state index is 12.6. The normalized spacial score (nSPS) is 23.1. The first kappa shape index (κ1) is 15.1. The van der Waals surface area contributed by atoms with Crippen molar-refractivity contribution in [1.29, 1.82) is 0 Å². The largest absolute Gasteiger partial charge is 0.396 e. The minimum absolute atomic E-state index is 0.0780. The van der Waals surface area contributed by atoms with E-state index in [0.29, 0.717) is 27.7 Å². The van der Waals surface area contributed by atoms with Crippen LogP contribution in [0.1, 0.15) is 49.9 Å². The Labute approximate surface area is 124 Å². The van der Waals surface area contributed by atoms with E-state index in [0.717, 1.165) is 13.1 Å². The van der Waals surface area contributed by atoms with Crippen molar-refractivity contribution >= 4 is 23.4 Å². The van der Waals surface area contributed by atoms with Crippen LogP contribution in [0.2, 0.25) is 0 Å². The first-order chi connectivity index (χ1) is 9.38. The molecule has 2 unspecified atom stereocenters. The van der Waals surface area contributed by atoms with Crippen LogP contribution in [0.5, 0.6) is 0 Å². The summed E-state index contributed by atoms with van der Waals surface area (Å²) < 4.78 is 0. The zero-order valence-electron chi connectivity index (χ0n) is 12.5. The molecule has 2 atom stereocenters. The van der Waals surface area contributed by atoms with Crippen molar-refractivity contribution < 1.29 is 4.79 Å². The molecule has 0 aliphatic carbocycles. The smallest absolute Gasteiger partial charge is 0.274 e. The van der Waals surface area contributed by atoms with Gasteiger partial charge in [0.25, 0.3) is 5.91 Å². The van der Waals surface area contributed by atoms with Crippen LogP contribution in [0.4, 0.5) is 5.69 Å². The second-order valence-corrected chi connectivity index (χ2v) is 7.54. The summed E-state index contributed by atoms with van der Waals surface area (Å²) in [5.41, 5.74) is 6.59. The lowest BCUT2D eigenvalue weighted by molar-refractivity contribution is 0.0748. The first-order valence-electron chi connectivity index (χ1n) is 6.95. The van der Waals surface area contributed by atoms with Gasteiger partial charge in [0.2, 0.25) is 0 Å². The van der Waals surface area contributed by atoms with E-state index in [1.165, 1.54) is 0 Å². The van der Waals surface area contributed by atoms with E-state index in [9.17, 15) is 4.79 Å². The minimum atomic E-state index is -0.0780. The number of aromatic nitrogens is 2. The minimum Gasteiger partial charge on any atom is -0.396 e. The second-order valence-electron chi connectivity index (χ2n) is 5.65. The van der Waals surface area contributed by atoms with E-state index in [2.05, 4.69) is 23.8 Å². The number of hydrogen-bond acceptors (Lipinski definition) is 5. The molecule has 0 saturated carbocycles. The van der Waals surface area contributed by atoms with Crippen LogP contribution < -0.4 is 5.73 Å². The fraction of sp³-hybridized carbons (Fsp3) is 0.643. The molecule has 1 aromatic rings. The Morgan fingerprint density at radius 2 is 2.00 bits per heavy atom. The van der Waals surface area contributed by atoms with Crippen molar-refractivity contribution in [1.82, 2.24) is 14.9 Å². The van der Waals surface area contributed by atoms with Gasteiger partial charge in [-0.3, -0.25) is 4.79 Å². The van der Waals surface area contributed by atoms with Gasteiger partial charge in [-0.1, -0.05) is 27.7 Å². The van der Waals surface area contributed by atoms with Gasteiger partial charge < -0.3 is 10.6 Å². The first-order valence-corrected chi connectivity index (χ1v) is 7.90. The fourth-order valence-electron chi connectivity index (χ4n) is 2.35. The molecule has 0 aromatic carbocycles. The molecule has 110 valence electrons. The average molecular weight is 294 g/mol. The van der Waals surface area contributed by atoms with Crippen molar-refractivity contribution in [3.8, 4) is 0 Å². The van der Waals surface area contributed by atoms with Crippen LogP contribution in [-0.2, 0) is 0 Å². The maximum atomic E-state index is 12.6. The zero-order chi connectivity index (χ0) is 14.9. The Bertz CT molecular complexity index is 496. The number of amides is 1. The Morgan fingerprint density at radius 1 is 1.40 bits per heavy atom. The van der Waals surface area contributed by atoms with Crippen LogP contribution in [-0.4, -0.2) is 44.4 Å². The van der Waals surface area contributed by atoms with Crippen LogP contribution in [0.15, 0.2) is 6.20 Å². The van der Waals surface area contributed by atoms with E-state index in [4.69, 9.17) is 5.73 Å². The van der Waals surface area contributed by atoms with E-state index in [1.807, 2.05) is 30.5 Å². The summed E-state index contributed by atoms with van der Waals surface area (Å²) in [6.07, 6.45) is 1.54. The van der Waals surface area contributed by atoms with Gasteiger partial charge >= 0.3 is 0 Å². The molecular formula is C14H22N4OS. The van der Waals surface area contributed by atoms with Gasteiger partial charge in [0.05, 0.1) is 11.9 Å². The number of nitrogens with two attached hydrogens (primary N) is 1. The van der Waals surface area contributed by atoms with Crippen molar-refractivity contribution in [3.05, 3.63) is 17.7 Å². The quantitative estimate of drug-likeness (QED) is 0.905. The van der Waals surface area contributed by atoms with Crippen molar-refractivity contribution in [2.75, 3.05) is 18.8 Å². The predicted molar refractivity (Wildman–Crippen MR) is 83.0 cm³/mol. The highest BCUT2D eigenvalue weighted by atomic mass is 32.2. The van der Waals surface area contributed by atoms with Crippen LogP contribution in [0.25, 0.3) is 0 Å². The second kappa shape index (κ2) is 5.99. The number of nitrogen functional groups attached to an aromatic ring is 1. The fourth-order valence-corrected chi connectivity index (χ4v) is 3.67. The summed E-state index contributed by atoms with van der Waals surface area (Å²) in [6.45, 7) is 9.78. The number of nitrogens with zero attached hydrogens (tertiary/aromatic N) is 3. The molecule has 2 rings (SSSR count). The Balaban J connectivity index is 2.26. The topological polar surface area (TPSA) is 72.1 Å². The Morgan fingerprint density at radius 3 is 2.55 bits per heavy atom. The summed E-state index contributed by atoms with van der Waals surface area (Å²) in [5, 5.41) is 0.880. The van der Waals surface area contributed by atoms with Crippen molar-refractivity contribution in [2.24, 2.45) is 0 Å². The lowest BCUT2D eigenvalue weighted by Crippen LogP contribution is -2.44. The van der Waals surface area contributed by atoms with Crippen LogP contribution in [0.3, 0.4) is 0 Å². The maximum Gasteiger partial charge on any atom is 0.274 e. The van der Waals surface area contributed by atoms with Gasteiger partial charge in [-0.25, -0.2) is 9.97 Å². The van der Waals surface area contributed by atoms with Gasteiger partial charge in [0.15, 0.2) is 5.69 Å². The third-order valence-electron chi connectivity index (χ3n) is 3.26. The van der Waals surface area contributed by atoms with Gasteiger partial charge in [0.1, 0.15) is 5.82 Å². The Hall–Kier alpha value is -1.30. The highest BCUT2D eigenvalue weighted by molar-refractivity contribution is 8.00. The number of thioether (sulfide) groups is 1.